The standard InChI is InChI=1S/C35H50N2/c1-9-11-13-21-25-19-27(33(25,3)4)23-15-17-29(36-31(21)23)35(7,8)30-18-16-24-28-20-26(34(28,5)6)22(14-12-10-2)32(24)37-30/h15-18,21-22,25-28H,9-14,19-20H2,1-8H3/t21-,22-,25+,26+,27-,28-/m1/s1. The van der Waals surface area contributed by atoms with Crippen LogP contribution in [0, 0.1) is 22.7 Å². The summed E-state index contributed by atoms with van der Waals surface area (Å²) < 4.78 is 0. The molecule has 6 aliphatic rings. The third-order valence-corrected chi connectivity index (χ3v) is 12.0. The molecule has 0 amide bonds. The smallest absolute Gasteiger partial charge is 0.0523 e. The third-order valence-electron chi connectivity index (χ3n) is 12.0. The van der Waals surface area contributed by atoms with Gasteiger partial charge in [-0.25, -0.2) is 0 Å². The summed E-state index contributed by atoms with van der Waals surface area (Å²) in [6.45, 7) is 19.4. The van der Waals surface area contributed by atoms with Gasteiger partial charge in [-0.05, 0) is 97.3 Å². The van der Waals surface area contributed by atoms with E-state index in [-0.39, 0.29) is 5.41 Å². The van der Waals surface area contributed by atoms with Crippen molar-refractivity contribution in [3.8, 4) is 0 Å². The maximum absolute atomic E-state index is 5.53. The summed E-state index contributed by atoms with van der Waals surface area (Å²) in [5.74, 6) is 4.19. The van der Waals surface area contributed by atoms with Gasteiger partial charge in [0.1, 0.15) is 0 Å². The van der Waals surface area contributed by atoms with Gasteiger partial charge in [0.15, 0.2) is 0 Å². The van der Waals surface area contributed by atoms with Gasteiger partial charge in [0.2, 0.25) is 0 Å². The van der Waals surface area contributed by atoms with E-state index in [0.29, 0.717) is 34.5 Å². The first-order valence-corrected chi connectivity index (χ1v) is 15.6. The lowest BCUT2D eigenvalue weighted by Crippen LogP contribution is -2.51. The predicted molar refractivity (Wildman–Crippen MR) is 154 cm³/mol. The second-order valence-electron chi connectivity index (χ2n) is 14.9. The summed E-state index contributed by atoms with van der Waals surface area (Å²) in [6.07, 6.45) is 10.5. The largest absolute Gasteiger partial charge is 0.256 e. The van der Waals surface area contributed by atoms with E-state index in [1.807, 2.05) is 0 Å². The lowest BCUT2D eigenvalue weighted by Gasteiger charge is -2.60. The molecule has 2 saturated carbocycles. The van der Waals surface area contributed by atoms with Gasteiger partial charge < -0.3 is 0 Å². The Morgan fingerprint density at radius 2 is 1.11 bits per heavy atom. The van der Waals surface area contributed by atoms with Crippen molar-refractivity contribution in [2.24, 2.45) is 22.7 Å². The Balaban J connectivity index is 1.37. The van der Waals surface area contributed by atoms with Crippen molar-refractivity contribution in [2.75, 3.05) is 0 Å². The molecule has 2 aromatic heterocycles. The van der Waals surface area contributed by atoms with E-state index in [2.05, 4.69) is 79.7 Å². The molecule has 0 spiro atoms. The van der Waals surface area contributed by atoms with Crippen LogP contribution >= 0.6 is 0 Å². The molecule has 2 aromatic rings. The molecule has 6 aliphatic carbocycles. The molecule has 0 aromatic carbocycles. The van der Waals surface area contributed by atoms with Crippen LogP contribution in [0.25, 0.3) is 0 Å². The van der Waals surface area contributed by atoms with E-state index in [9.17, 15) is 0 Å². The maximum atomic E-state index is 5.53. The molecule has 0 aliphatic heterocycles. The van der Waals surface area contributed by atoms with Crippen molar-refractivity contribution in [1.82, 2.24) is 9.97 Å². The van der Waals surface area contributed by atoms with Gasteiger partial charge in [-0.15, -0.1) is 0 Å². The second kappa shape index (κ2) is 8.65. The molecule has 8 rings (SSSR count). The van der Waals surface area contributed by atoms with Crippen molar-refractivity contribution in [3.05, 3.63) is 58.2 Å². The van der Waals surface area contributed by atoms with Crippen molar-refractivity contribution in [3.63, 3.8) is 0 Å². The number of unbranched alkanes of at least 4 members (excludes halogenated alkanes) is 2. The lowest BCUT2D eigenvalue weighted by atomic mass is 9.44. The summed E-state index contributed by atoms with van der Waals surface area (Å²) in [6, 6.07) is 9.61. The van der Waals surface area contributed by atoms with Gasteiger partial charge in [-0.1, -0.05) is 79.4 Å². The van der Waals surface area contributed by atoms with Crippen LogP contribution in [0.4, 0.5) is 0 Å². The Morgan fingerprint density at radius 3 is 1.46 bits per heavy atom. The first-order valence-electron chi connectivity index (χ1n) is 15.6. The minimum atomic E-state index is -0.191. The van der Waals surface area contributed by atoms with Crippen molar-refractivity contribution >= 4 is 0 Å². The van der Waals surface area contributed by atoms with Gasteiger partial charge in [0.25, 0.3) is 0 Å². The van der Waals surface area contributed by atoms with Crippen LogP contribution in [-0.2, 0) is 5.41 Å². The molecule has 0 N–H and O–H groups in total. The van der Waals surface area contributed by atoms with E-state index >= 15 is 0 Å². The summed E-state index contributed by atoms with van der Waals surface area (Å²) in [5.41, 5.74) is 9.04. The molecule has 0 saturated heterocycles. The number of hydrogen-bond donors (Lipinski definition) is 0. The zero-order valence-electron chi connectivity index (χ0n) is 24.8. The normalized spacial score (nSPS) is 32.1. The summed E-state index contributed by atoms with van der Waals surface area (Å²) in [5, 5.41) is 0. The molecule has 37 heavy (non-hydrogen) atoms. The molecule has 4 bridgehead atoms. The fraction of sp³-hybridized carbons (Fsp3) is 0.714. The van der Waals surface area contributed by atoms with Crippen LogP contribution in [0.5, 0.6) is 0 Å². The number of hydrogen-bond acceptors (Lipinski definition) is 2. The van der Waals surface area contributed by atoms with Crippen LogP contribution in [0.3, 0.4) is 0 Å². The minimum absolute atomic E-state index is 0.191. The van der Waals surface area contributed by atoms with Gasteiger partial charge in [-0.2, -0.15) is 0 Å². The highest BCUT2D eigenvalue weighted by atomic mass is 14.8. The summed E-state index contributed by atoms with van der Waals surface area (Å²) in [4.78, 5) is 11.1. The second-order valence-corrected chi connectivity index (χ2v) is 14.9. The molecular formula is C35H50N2. The Labute approximate surface area is 226 Å². The highest BCUT2D eigenvalue weighted by molar-refractivity contribution is 5.45. The number of aromatic nitrogens is 2. The monoisotopic (exact) mass is 498 g/mol. The van der Waals surface area contributed by atoms with Crippen LogP contribution in [0.2, 0.25) is 0 Å². The molecular weight excluding hydrogens is 448 g/mol. The van der Waals surface area contributed by atoms with E-state index in [0.717, 1.165) is 11.8 Å². The highest BCUT2D eigenvalue weighted by Crippen LogP contribution is 2.68. The maximum Gasteiger partial charge on any atom is 0.0523 e. The Kier molecular flexibility index (Phi) is 5.98. The molecule has 2 fully saturated rings. The van der Waals surface area contributed by atoms with Crippen LogP contribution in [-0.4, -0.2) is 9.97 Å². The fourth-order valence-corrected chi connectivity index (χ4v) is 9.23. The number of pyridine rings is 2. The highest BCUT2D eigenvalue weighted by Gasteiger charge is 2.58. The van der Waals surface area contributed by atoms with E-state index < -0.39 is 0 Å². The Bertz CT molecular complexity index is 1100. The fourth-order valence-electron chi connectivity index (χ4n) is 9.23. The molecule has 0 radical (unpaired) electrons. The van der Waals surface area contributed by atoms with Gasteiger partial charge in [0.05, 0.1) is 11.4 Å². The Morgan fingerprint density at radius 1 is 0.703 bits per heavy atom. The first-order chi connectivity index (χ1) is 17.5. The van der Waals surface area contributed by atoms with Gasteiger partial charge in [-0.3, -0.25) is 9.97 Å². The summed E-state index contributed by atoms with van der Waals surface area (Å²) >= 11 is 0. The molecule has 0 unspecified atom stereocenters. The molecule has 6 atom stereocenters. The first kappa shape index (κ1) is 25.6. The van der Waals surface area contributed by atoms with Crippen molar-refractivity contribution < 1.29 is 0 Å². The van der Waals surface area contributed by atoms with E-state index in [1.165, 1.54) is 74.1 Å². The molecule has 2 heteroatoms. The van der Waals surface area contributed by atoms with E-state index in [4.69, 9.17) is 9.97 Å². The zero-order valence-corrected chi connectivity index (χ0v) is 24.8. The molecule has 200 valence electrons. The predicted octanol–water partition coefficient (Wildman–Crippen LogP) is 9.64. The minimum Gasteiger partial charge on any atom is -0.256 e. The van der Waals surface area contributed by atoms with Crippen LogP contribution in [0.1, 0.15) is 164 Å². The number of rotatable bonds is 8. The quantitative estimate of drug-likeness (QED) is 0.362. The van der Waals surface area contributed by atoms with Gasteiger partial charge >= 0.3 is 0 Å². The third kappa shape index (κ3) is 3.56. The molecule has 2 heterocycles. The van der Waals surface area contributed by atoms with Crippen LogP contribution < -0.4 is 0 Å². The van der Waals surface area contributed by atoms with Crippen LogP contribution in [0.15, 0.2) is 24.3 Å². The van der Waals surface area contributed by atoms with Crippen molar-refractivity contribution in [2.45, 2.75) is 136 Å². The average Bonchev–Trinajstić information content (AvgIpc) is 2.88. The number of nitrogens with zero attached hydrogens (tertiary/aromatic N) is 2. The SMILES string of the molecule is CCCC[C@H]1c2nc(C(C)(C)c3ccc4c(n3)[C@H](CCCC)[C@@H]3C[C@H]4C3(C)C)ccc2[C@H]2C[C@@H]1C2(C)C. The average molecular weight is 499 g/mol. The zero-order chi connectivity index (χ0) is 26.3. The topological polar surface area (TPSA) is 25.8 Å². The summed E-state index contributed by atoms with van der Waals surface area (Å²) in [7, 11) is 0. The van der Waals surface area contributed by atoms with Gasteiger partial charge in [0, 0.05) is 28.6 Å². The Hall–Kier alpha value is -1.70. The van der Waals surface area contributed by atoms with Crippen molar-refractivity contribution in [1.29, 1.82) is 0 Å². The molecule has 2 nitrogen and oxygen atoms in total. The lowest BCUT2D eigenvalue weighted by molar-refractivity contribution is -0.0106. The van der Waals surface area contributed by atoms with E-state index in [1.54, 1.807) is 11.1 Å².